The van der Waals surface area contributed by atoms with Gasteiger partial charge in [0, 0.05) is 33.5 Å². The molecule has 1 aromatic carbocycles. The Balaban J connectivity index is 2.04. The van der Waals surface area contributed by atoms with Crippen LogP contribution in [0.5, 0.6) is 0 Å². The third kappa shape index (κ3) is 2.99. The smallest absolute Gasteiger partial charge is 0.160 e. The summed E-state index contributed by atoms with van der Waals surface area (Å²) >= 11 is 3.39. The Hall–Kier alpha value is -1.33. The first kappa shape index (κ1) is 14.6. The van der Waals surface area contributed by atoms with E-state index < -0.39 is 0 Å². The van der Waals surface area contributed by atoms with E-state index in [0.717, 1.165) is 30.5 Å². The lowest BCUT2D eigenvalue weighted by molar-refractivity contribution is 0.532. The van der Waals surface area contributed by atoms with Crippen molar-refractivity contribution < 1.29 is 4.39 Å². The summed E-state index contributed by atoms with van der Waals surface area (Å²) in [5.74, 6) is 0.382. The molecule has 0 amide bonds. The Morgan fingerprint density at radius 1 is 1.33 bits per heavy atom. The van der Waals surface area contributed by atoms with Gasteiger partial charge in [0.15, 0.2) is 5.82 Å². The Bertz CT molecular complexity index is 660. The van der Waals surface area contributed by atoms with Crippen molar-refractivity contribution >= 4 is 15.9 Å². The Morgan fingerprint density at radius 3 is 2.95 bits per heavy atom. The number of hydrogen-bond acceptors (Lipinski definition) is 3. The molecule has 0 aliphatic heterocycles. The third-order valence-corrected chi connectivity index (χ3v) is 4.61. The van der Waals surface area contributed by atoms with E-state index in [9.17, 15) is 4.39 Å². The van der Waals surface area contributed by atoms with Crippen LogP contribution in [0, 0.1) is 5.82 Å². The van der Waals surface area contributed by atoms with Gasteiger partial charge < -0.3 is 5.32 Å². The monoisotopic (exact) mass is 349 g/mol. The molecule has 5 heteroatoms. The maximum atomic E-state index is 13.2. The van der Waals surface area contributed by atoms with E-state index in [1.54, 1.807) is 6.07 Å². The number of nitrogens with zero attached hydrogens (tertiary/aromatic N) is 2. The van der Waals surface area contributed by atoms with Crippen molar-refractivity contribution in [2.75, 3.05) is 7.05 Å². The fraction of sp³-hybridized carbons (Fsp3) is 0.375. The predicted octanol–water partition coefficient (Wildman–Crippen LogP) is 4.03. The quantitative estimate of drug-likeness (QED) is 0.831. The molecule has 1 N–H and O–H groups in total. The van der Waals surface area contributed by atoms with Crippen LogP contribution in [0.1, 0.15) is 36.6 Å². The lowest BCUT2D eigenvalue weighted by Crippen LogP contribution is -2.17. The second-order valence-electron chi connectivity index (χ2n) is 5.31. The van der Waals surface area contributed by atoms with E-state index >= 15 is 0 Å². The second kappa shape index (κ2) is 6.20. The Kier molecular flexibility index (Phi) is 4.31. The van der Waals surface area contributed by atoms with E-state index in [1.165, 1.54) is 24.1 Å². The van der Waals surface area contributed by atoms with Crippen molar-refractivity contribution in [3.63, 3.8) is 0 Å². The molecule has 0 saturated carbocycles. The topological polar surface area (TPSA) is 37.8 Å². The van der Waals surface area contributed by atoms with Crippen LogP contribution in [0.3, 0.4) is 0 Å². The second-order valence-corrected chi connectivity index (χ2v) is 6.16. The van der Waals surface area contributed by atoms with Crippen LogP contribution in [-0.4, -0.2) is 17.0 Å². The minimum atomic E-state index is -0.268. The minimum Gasteiger partial charge on any atom is -0.313 e. The summed E-state index contributed by atoms with van der Waals surface area (Å²) in [6.07, 6.45) is 6.35. The average molecular weight is 350 g/mol. The van der Waals surface area contributed by atoms with E-state index in [1.807, 2.05) is 13.2 Å². The maximum absolute atomic E-state index is 13.2. The average Bonchev–Trinajstić information content (AvgIpc) is 2.68. The van der Waals surface area contributed by atoms with Gasteiger partial charge in [0.1, 0.15) is 5.82 Å². The van der Waals surface area contributed by atoms with Crippen molar-refractivity contribution in [3.05, 3.63) is 45.9 Å². The molecule has 21 heavy (non-hydrogen) atoms. The zero-order valence-electron chi connectivity index (χ0n) is 11.9. The fourth-order valence-electron chi connectivity index (χ4n) is 2.81. The number of aromatic nitrogens is 2. The zero-order valence-corrected chi connectivity index (χ0v) is 13.5. The molecule has 0 fully saturated rings. The lowest BCUT2D eigenvalue weighted by atomic mass is 10.0. The van der Waals surface area contributed by atoms with Gasteiger partial charge in [-0.3, -0.25) is 0 Å². The number of nitrogens with one attached hydrogen (secondary N) is 1. The van der Waals surface area contributed by atoms with Gasteiger partial charge in [0.2, 0.25) is 0 Å². The summed E-state index contributed by atoms with van der Waals surface area (Å²) in [6, 6.07) is 4.92. The van der Waals surface area contributed by atoms with Crippen LogP contribution in [0.15, 0.2) is 28.9 Å². The first-order chi connectivity index (χ1) is 10.2. The number of fused-ring (bicyclic) bond motifs is 1. The summed E-state index contributed by atoms with van der Waals surface area (Å²) in [6.45, 7) is 0. The van der Waals surface area contributed by atoms with E-state index in [2.05, 4.69) is 26.2 Å². The first-order valence-electron chi connectivity index (χ1n) is 7.17. The van der Waals surface area contributed by atoms with Crippen molar-refractivity contribution in [2.24, 2.45) is 0 Å². The van der Waals surface area contributed by atoms with Crippen LogP contribution in [-0.2, 0) is 6.42 Å². The number of halogens is 2. The highest BCUT2D eigenvalue weighted by molar-refractivity contribution is 9.10. The summed E-state index contributed by atoms with van der Waals surface area (Å²) < 4.78 is 13.9. The molecule has 3 rings (SSSR count). The molecule has 0 radical (unpaired) electrons. The molecule has 1 heterocycles. The largest absolute Gasteiger partial charge is 0.313 e. The molecule has 2 aromatic rings. The highest BCUT2D eigenvalue weighted by Gasteiger charge is 2.20. The molecular weight excluding hydrogens is 333 g/mol. The molecule has 0 saturated heterocycles. The van der Waals surface area contributed by atoms with Crippen LogP contribution < -0.4 is 5.32 Å². The Morgan fingerprint density at radius 2 is 2.19 bits per heavy atom. The van der Waals surface area contributed by atoms with Crippen molar-refractivity contribution in [1.82, 2.24) is 15.3 Å². The lowest BCUT2D eigenvalue weighted by Gasteiger charge is -2.16. The number of benzene rings is 1. The van der Waals surface area contributed by atoms with E-state index in [0.29, 0.717) is 16.3 Å². The maximum Gasteiger partial charge on any atom is 0.160 e. The van der Waals surface area contributed by atoms with E-state index in [-0.39, 0.29) is 5.82 Å². The summed E-state index contributed by atoms with van der Waals surface area (Å²) in [4.78, 5) is 9.22. The molecule has 110 valence electrons. The molecular formula is C16H17BrFN3. The van der Waals surface area contributed by atoms with Gasteiger partial charge in [-0.25, -0.2) is 14.4 Å². The van der Waals surface area contributed by atoms with Crippen LogP contribution >= 0.6 is 15.9 Å². The fourth-order valence-corrected chi connectivity index (χ4v) is 3.34. The molecule has 1 aromatic heterocycles. The van der Waals surface area contributed by atoms with E-state index in [4.69, 9.17) is 4.98 Å². The van der Waals surface area contributed by atoms with Crippen LogP contribution in [0.2, 0.25) is 0 Å². The van der Waals surface area contributed by atoms with Crippen LogP contribution in [0.4, 0.5) is 4.39 Å². The summed E-state index contributed by atoms with van der Waals surface area (Å²) in [7, 11) is 1.98. The third-order valence-electron chi connectivity index (χ3n) is 3.95. The first-order valence-corrected chi connectivity index (χ1v) is 7.97. The number of hydrogen-bond donors (Lipinski definition) is 1. The Labute approximate surface area is 132 Å². The van der Waals surface area contributed by atoms with Gasteiger partial charge >= 0.3 is 0 Å². The van der Waals surface area contributed by atoms with Gasteiger partial charge in [-0.1, -0.05) is 6.42 Å². The zero-order chi connectivity index (χ0) is 14.8. The number of rotatable bonds is 2. The highest BCUT2D eigenvalue weighted by Crippen LogP contribution is 2.30. The predicted molar refractivity (Wildman–Crippen MR) is 84.5 cm³/mol. The van der Waals surface area contributed by atoms with Gasteiger partial charge in [-0.2, -0.15) is 0 Å². The van der Waals surface area contributed by atoms with Gasteiger partial charge in [-0.15, -0.1) is 0 Å². The molecule has 1 unspecified atom stereocenters. The minimum absolute atomic E-state index is 0.268. The SMILES string of the molecule is CNC1CCCCc2nc(-c3ccc(F)cc3Br)ncc21. The van der Waals surface area contributed by atoms with Crippen LogP contribution in [0.25, 0.3) is 11.4 Å². The van der Waals surface area contributed by atoms with Gasteiger partial charge in [0.25, 0.3) is 0 Å². The van der Waals surface area contributed by atoms with Crippen molar-refractivity contribution in [2.45, 2.75) is 31.7 Å². The summed E-state index contributed by atoms with van der Waals surface area (Å²) in [5.41, 5.74) is 3.12. The molecule has 1 aliphatic rings. The normalized spacial score (nSPS) is 18.1. The molecule has 1 atom stereocenters. The standard InChI is InChI=1S/C16H17BrFN3/c1-19-14-4-2-3-5-15-12(14)9-20-16(21-15)11-7-6-10(18)8-13(11)17/h6-9,14,19H,2-5H2,1H3. The molecule has 0 spiro atoms. The molecule has 1 aliphatic carbocycles. The molecule has 0 bridgehead atoms. The molecule has 3 nitrogen and oxygen atoms in total. The van der Waals surface area contributed by atoms with Crippen molar-refractivity contribution in [3.8, 4) is 11.4 Å². The highest BCUT2D eigenvalue weighted by atomic mass is 79.9. The number of aryl methyl sites for hydroxylation is 1. The van der Waals surface area contributed by atoms with Crippen molar-refractivity contribution in [1.29, 1.82) is 0 Å². The summed E-state index contributed by atoms with van der Waals surface area (Å²) in [5, 5.41) is 3.34. The van der Waals surface area contributed by atoms with Gasteiger partial charge in [-0.05, 0) is 60.4 Å². The van der Waals surface area contributed by atoms with Gasteiger partial charge in [0.05, 0.1) is 0 Å².